The molecule has 0 aliphatic heterocycles. The summed E-state index contributed by atoms with van der Waals surface area (Å²) < 4.78 is 18.7. The van der Waals surface area contributed by atoms with E-state index in [-0.39, 0.29) is 17.2 Å². The SMILES string of the molecule is Cc1cc(C=C(C#N)C#N)c(C)c(COc2ccc(F)cc2Cl)c1. The normalized spacial score (nSPS) is 9.75. The average molecular weight is 341 g/mol. The predicted molar refractivity (Wildman–Crippen MR) is 90.9 cm³/mol. The molecule has 0 amide bonds. The van der Waals surface area contributed by atoms with Gasteiger partial charge in [0.25, 0.3) is 0 Å². The highest BCUT2D eigenvalue weighted by Crippen LogP contribution is 2.27. The van der Waals surface area contributed by atoms with Crippen molar-refractivity contribution in [3.63, 3.8) is 0 Å². The van der Waals surface area contributed by atoms with E-state index in [1.165, 1.54) is 18.2 Å². The minimum Gasteiger partial charge on any atom is -0.487 e. The molecule has 0 heterocycles. The van der Waals surface area contributed by atoms with Crippen molar-refractivity contribution in [3.05, 3.63) is 69.0 Å². The van der Waals surface area contributed by atoms with Crippen LogP contribution in [0, 0.1) is 42.3 Å². The maximum Gasteiger partial charge on any atom is 0.138 e. The van der Waals surface area contributed by atoms with Crippen molar-refractivity contribution < 1.29 is 9.13 Å². The van der Waals surface area contributed by atoms with Crippen LogP contribution in [0.1, 0.15) is 22.3 Å². The molecule has 0 bridgehead atoms. The number of hydrogen-bond donors (Lipinski definition) is 0. The first-order valence-corrected chi connectivity index (χ1v) is 7.52. The highest BCUT2D eigenvalue weighted by molar-refractivity contribution is 6.32. The van der Waals surface area contributed by atoms with Gasteiger partial charge in [0.15, 0.2) is 0 Å². The predicted octanol–water partition coefficient (Wildman–Crippen LogP) is 5.11. The van der Waals surface area contributed by atoms with Crippen LogP contribution in [0.2, 0.25) is 5.02 Å². The first-order valence-electron chi connectivity index (χ1n) is 7.14. The summed E-state index contributed by atoms with van der Waals surface area (Å²) in [4.78, 5) is 0. The van der Waals surface area contributed by atoms with Crippen molar-refractivity contribution in [1.29, 1.82) is 10.5 Å². The lowest BCUT2D eigenvalue weighted by Gasteiger charge is -2.13. The standard InChI is InChI=1S/C19H14ClFN2O/c1-12-5-15(7-14(9-22)10-23)13(2)16(6-12)11-24-19-4-3-17(21)8-18(19)20/h3-8H,11H2,1-2H3. The largest absolute Gasteiger partial charge is 0.487 e. The van der Waals surface area contributed by atoms with Crippen LogP contribution in [0.25, 0.3) is 6.08 Å². The van der Waals surface area contributed by atoms with Crippen LogP contribution in [-0.2, 0) is 6.61 Å². The van der Waals surface area contributed by atoms with Gasteiger partial charge in [-0.05, 0) is 54.8 Å². The molecular formula is C19H14ClFN2O. The molecule has 3 nitrogen and oxygen atoms in total. The molecule has 0 aliphatic carbocycles. The molecule has 2 rings (SSSR count). The van der Waals surface area contributed by atoms with Crippen LogP contribution < -0.4 is 4.74 Å². The number of hydrogen-bond acceptors (Lipinski definition) is 3. The first kappa shape index (κ1) is 17.5. The molecule has 0 radical (unpaired) electrons. The highest BCUT2D eigenvalue weighted by Gasteiger charge is 2.09. The van der Waals surface area contributed by atoms with Gasteiger partial charge < -0.3 is 4.74 Å². The summed E-state index contributed by atoms with van der Waals surface area (Å²) in [5, 5.41) is 18.0. The van der Waals surface area contributed by atoms with E-state index in [2.05, 4.69) is 0 Å². The number of aryl methyl sites for hydroxylation is 1. The van der Waals surface area contributed by atoms with E-state index in [9.17, 15) is 4.39 Å². The van der Waals surface area contributed by atoms with E-state index in [0.717, 1.165) is 22.3 Å². The Morgan fingerprint density at radius 1 is 1.21 bits per heavy atom. The fraction of sp³-hybridized carbons (Fsp3) is 0.158. The Morgan fingerprint density at radius 3 is 2.54 bits per heavy atom. The monoisotopic (exact) mass is 340 g/mol. The lowest BCUT2D eigenvalue weighted by Crippen LogP contribution is -2.01. The Labute approximate surface area is 145 Å². The van der Waals surface area contributed by atoms with Crippen LogP contribution >= 0.6 is 11.6 Å². The summed E-state index contributed by atoms with van der Waals surface area (Å²) in [6.45, 7) is 4.06. The molecule has 0 N–H and O–H groups in total. The number of rotatable bonds is 4. The number of nitrogens with zero attached hydrogens (tertiary/aromatic N) is 2. The number of benzene rings is 2. The Bertz CT molecular complexity index is 875. The third kappa shape index (κ3) is 4.13. The second-order valence-electron chi connectivity index (χ2n) is 5.28. The second kappa shape index (κ2) is 7.64. The molecule has 2 aromatic carbocycles. The summed E-state index contributed by atoms with van der Waals surface area (Å²) >= 11 is 5.96. The molecule has 0 aromatic heterocycles. The molecule has 5 heteroatoms. The van der Waals surface area contributed by atoms with E-state index < -0.39 is 5.82 Å². The smallest absolute Gasteiger partial charge is 0.138 e. The van der Waals surface area contributed by atoms with Gasteiger partial charge in [0.1, 0.15) is 35.9 Å². The van der Waals surface area contributed by atoms with E-state index >= 15 is 0 Å². The lowest BCUT2D eigenvalue weighted by atomic mass is 9.98. The number of ether oxygens (including phenoxy) is 1. The quantitative estimate of drug-likeness (QED) is 0.727. The van der Waals surface area contributed by atoms with Gasteiger partial charge in [-0.1, -0.05) is 29.3 Å². The van der Waals surface area contributed by atoms with Gasteiger partial charge in [-0.2, -0.15) is 10.5 Å². The summed E-state index contributed by atoms with van der Waals surface area (Å²) in [5.74, 6) is -0.0298. The van der Waals surface area contributed by atoms with E-state index in [1.54, 1.807) is 6.08 Å². The topological polar surface area (TPSA) is 56.8 Å². The third-order valence-corrected chi connectivity index (χ3v) is 3.81. The van der Waals surface area contributed by atoms with Gasteiger partial charge in [-0.3, -0.25) is 0 Å². The molecule has 2 aromatic rings. The minimum absolute atomic E-state index is 0.0390. The minimum atomic E-state index is -0.424. The fourth-order valence-corrected chi connectivity index (χ4v) is 2.48. The van der Waals surface area contributed by atoms with Crippen molar-refractivity contribution in [1.82, 2.24) is 0 Å². The first-order chi connectivity index (χ1) is 11.4. The average Bonchev–Trinajstić information content (AvgIpc) is 2.55. The Morgan fingerprint density at radius 2 is 1.92 bits per heavy atom. The van der Waals surface area contributed by atoms with Crippen molar-refractivity contribution in [2.24, 2.45) is 0 Å². The zero-order valence-corrected chi connectivity index (χ0v) is 14.0. The Balaban J connectivity index is 2.31. The van der Waals surface area contributed by atoms with Gasteiger partial charge in [-0.15, -0.1) is 0 Å². The van der Waals surface area contributed by atoms with Gasteiger partial charge in [-0.25, -0.2) is 4.39 Å². The van der Waals surface area contributed by atoms with Crippen LogP contribution in [0.5, 0.6) is 5.75 Å². The number of allylic oxidation sites excluding steroid dienone is 1. The van der Waals surface area contributed by atoms with Gasteiger partial charge >= 0.3 is 0 Å². The van der Waals surface area contributed by atoms with Gasteiger partial charge in [0, 0.05) is 0 Å². The molecule has 0 unspecified atom stereocenters. The summed E-state index contributed by atoms with van der Waals surface area (Å²) in [6, 6.07) is 11.5. The van der Waals surface area contributed by atoms with Crippen molar-refractivity contribution in [2.45, 2.75) is 20.5 Å². The molecule has 0 atom stereocenters. The molecule has 120 valence electrons. The summed E-state index contributed by atoms with van der Waals surface area (Å²) in [5.41, 5.74) is 3.61. The molecule has 0 spiro atoms. The van der Waals surface area contributed by atoms with Gasteiger partial charge in [0.05, 0.1) is 5.02 Å². The van der Waals surface area contributed by atoms with Gasteiger partial charge in [0.2, 0.25) is 0 Å². The molecule has 0 fully saturated rings. The van der Waals surface area contributed by atoms with Crippen molar-refractivity contribution in [2.75, 3.05) is 0 Å². The molecule has 24 heavy (non-hydrogen) atoms. The third-order valence-electron chi connectivity index (χ3n) is 3.52. The Kier molecular flexibility index (Phi) is 5.58. The zero-order chi connectivity index (χ0) is 17.7. The maximum absolute atomic E-state index is 13.1. The number of nitriles is 2. The van der Waals surface area contributed by atoms with E-state index in [4.69, 9.17) is 26.9 Å². The Hall–Kier alpha value is -2.82. The van der Waals surface area contributed by atoms with E-state index in [0.29, 0.717) is 5.75 Å². The molecular weight excluding hydrogens is 327 g/mol. The van der Waals surface area contributed by atoms with Crippen molar-refractivity contribution in [3.8, 4) is 17.9 Å². The van der Waals surface area contributed by atoms with E-state index in [1.807, 2.05) is 38.1 Å². The lowest BCUT2D eigenvalue weighted by molar-refractivity contribution is 0.305. The molecule has 0 aliphatic rings. The van der Waals surface area contributed by atoms with Crippen LogP contribution in [-0.4, -0.2) is 0 Å². The summed E-state index contributed by atoms with van der Waals surface area (Å²) in [6.07, 6.45) is 1.55. The van der Waals surface area contributed by atoms with Crippen LogP contribution in [0.4, 0.5) is 4.39 Å². The fourth-order valence-electron chi connectivity index (χ4n) is 2.26. The highest BCUT2D eigenvalue weighted by atomic mass is 35.5. The number of halogens is 2. The van der Waals surface area contributed by atoms with Crippen LogP contribution in [0.15, 0.2) is 35.9 Å². The summed E-state index contributed by atoms with van der Waals surface area (Å²) in [7, 11) is 0. The van der Waals surface area contributed by atoms with Crippen LogP contribution in [0.3, 0.4) is 0 Å². The second-order valence-corrected chi connectivity index (χ2v) is 5.69. The molecule has 0 saturated carbocycles. The molecule has 0 saturated heterocycles. The maximum atomic E-state index is 13.1. The zero-order valence-electron chi connectivity index (χ0n) is 13.2. The van der Waals surface area contributed by atoms with Crippen molar-refractivity contribution >= 4 is 17.7 Å².